The monoisotopic (exact) mass is 430 g/mol. The summed E-state index contributed by atoms with van der Waals surface area (Å²) in [5.74, 6) is 1.14. The molecule has 2 aromatic carbocycles. The molecule has 6 nitrogen and oxygen atoms in total. The van der Waals surface area contributed by atoms with Gasteiger partial charge in [-0.2, -0.15) is 0 Å². The van der Waals surface area contributed by atoms with E-state index in [2.05, 4.69) is 46.3 Å². The number of amides is 1. The largest absolute Gasteiger partial charge is 0.465 e. The Balaban J connectivity index is 1.42. The van der Waals surface area contributed by atoms with Crippen LogP contribution in [0.3, 0.4) is 0 Å². The molecule has 1 amide bonds. The molecule has 0 bridgehead atoms. The SMILES string of the molecule is C[C@H]1CCc2c(ccc3c2nc(CCc2ccccc2)n3C2CC3(CNC3)C2)N1C(=O)O. The van der Waals surface area contributed by atoms with E-state index in [1.54, 1.807) is 0 Å². The Hall–Kier alpha value is -2.86. The van der Waals surface area contributed by atoms with Crippen LogP contribution in [0.4, 0.5) is 10.5 Å². The fourth-order valence-electron chi connectivity index (χ4n) is 6.11. The zero-order valence-electron chi connectivity index (χ0n) is 18.6. The van der Waals surface area contributed by atoms with E-state index < -0.39 is 6.09 Å². The Labute approximate surface area is 188 Å². The molecule has 1 saturated carbocycles. The number of hydrogen-bond acceptors (Lipinski definition) is 3. The van der Waals surface area contributed by atoms with Crippen LogP contribution in [0.25, 0.3) is 11.0 Å². The molecule has 2 aliphatic heterocycles. The van der Waals surface area contributed by atoms with E-state index in [9.17, 15) is 9.90 Å². The zero-order valence-corrected chi connectivity index (χ0v) is 18.6. The van der Waals surface area contributed by atoms with Crippen LogP contribution < -0.4 is 10.2 Å². The number of anilines is 1. The number of aryl methyl sites for hydroxylation is 3. The maximum Gasteiger partial charge on any atom is 0.412 e. The number of nitrogens with one attached hydrogen (secondary N) is 1. The van der Waals surface area contributed by atoms with Crippen molar-refractivity contribution in [1.82, 2.24) is 14.9 Å². The topological polar surface area (TPSA) is 70.4 Å². The lowest BCUT2D eigenvalue weighted by Gasteiger charge is -2.55. The maximum atomic E-state index is 12.0. The number of nitrogens with zero attached hydrogens (tertiary/aromatic N) is 3. The van der Waals surface area contributed by atoms with Crippen molar-refractivity contribution >= 4 is 22.8 Å². The number of aromatic nitrogens is 2. The van der Waals surface area contributed by atoms with Gasteiger partial charge >= 0.3 is 6.09 Å². The van der Waals surface area contributed by atoms with Gasteiger partial charge in [0.05, 0.1) is 16.7 Å². The van der Waals surface area contributed by atoms with Gasteiger partial charge in [-0.3, -0.25) is 4.90 Å². The third-order valence-corrected chi connectivity index (χ3v) is 7.92. The molecule has 1 aromatic heterocycles. The third kappa shape index (κ3) is 3.04. The molecule has 0 unspecified atom stereocenters. The minimum absolute atomic E-state index is 0.00491. The Morgan fingerprint density at radius 1 is 1.16 bits per heavy atom. The normalized spacial score (nSPS) is 21.9. The number of benzene rings is 2. The standard InChI is InChI=1S/C26H30N4O2/c1-17-7-9-20-21(29(17)25(31)32)10-11-22-24(20)28-23(12-8-18-5-3-2-4-6-18)30(22)19-13-26(14-19)15-27-16-26/h2-6,10-11,17,19,27H,7-9,12-16H2,1H3,(H,31,32)/t17-/m0/s1. The van der Waals surface area contributed by atoms with Crippen molar-refractivity contribution in [3.05, 3.63) is 59.4 Å². The van der Waals surface area contributed by atoms with Gasteiger partial charge in [0.15, 0.2) is 0 Å². The first-order valence-corrected chi connectivity index (χ1v) is 11.8. The minimum atomic E-state index is -0.875. The fraction of sp³-hybridized carbons (Fsp3) is 0.462. The van der Waals surface area contributed by atoms with Gasteiger partial charge in [-0.25, -0.2) is 9.78 Å². The van der Waals surface area contributed by atoms with E-state index in [4.69, 9.17) is 4.98 Å². The lowest BCUT2D eigenvalue weighted by Crippen LogP contribution is -2.60. The molecule has 3 heterocycles. The van der Waals surface area contributed by atoms with Gasteiger partial charge in [0.1, 0.15) is 5.82 Å². The van der Waals surface area contributed by atoms with E-state index in [0.29, 0.717) is 11.5 Å². The molecule has 6 rings (SSSR count). The quantitative estimate of drug-likeness (QED) is 0.636. The van der Waals surface area contributed by atoms with Crippen molar-refractivity contribution in [2.45, 2.75) is 57.5 Å². The zero-order chi connectivity index (χ0) is 21.9. The van der Waals surface area contributed by atoms with Crippen molar-refractivity contribution < 1.29 is 9.90 Å². The van der Waals surface area contributed by atoms with Crippen molar-refractivity contribution in [3.63, 3.8) is 0 Å². The summed E-state index contributed by atoms with van der Waals surface area (Å²) in [5, 5.41) is 13.3. The summed E-state index contributed by atoms with van der Waals surface area (Å²) < 4.78 is 2.49. The van der Waals surface area contributed by atoms with Gasteiger partial charge in [0.2, 0.25) is 0 Å². The van der Waals surface area contributed by atoms with Crippen molar-refractivity contribution in [1.29, 1.82) is 0 Å². The van der Waals surface area contributed by atoms with Crippen LogP contribution in [0, 0.1) is 5.41 Å². The molecule has 1 spiro atoms. The molecule has 1 aliphatic carbocycles. The van der Waals surface area contributed by atoms with Crippen molar-refractivity contribution in [3.8, 4) is 0 Å². The van der Waals surface area contributed by atoms with E-state index in [1.807, 2.05) is 13.0 Å². The second kappa shape index (κ2) is 7.34. The highest BCUT2D eigenvalue weighted by Gasteiger charge is 2.49. The predicted octanol–water partition coefficient (Wildman–Crippen LogP) is 4.57. The first kappa shape index (κ1) is 19.8. The molecule has 6 heteroatoms. The van der Waals surface area contributed by atoms with Crippen molar-refractivity contribution in [2.24, 2.45) is 5.41 Å². The molecular weight excluding hydrogens is 400 g/mol. The first-order valence-electron chi connectivity index (χ1n) is 11.8. The van der Waals surface area contributed by atoms with Crippen molar-refractivity contribution in [2.75, 3.05) is 18.0 Å². The van der Waals surface area contributed by atoms with Crippen LogP contribution in [-0.4, -0.2) is 39.9 Å². The molecular formula is C26H30N4O2. The van der Waals surface area contributed by atoms with Gasteiger partial charge in [-0.05, 0) is 62.1 Å². The van der Waals surface area contributed by atoms with Crippen LogP contribution in [0.15, 0.2) is 42.5 Å². The molecule has 3 aromatic rings. The highest BCUT2D eigenvalue weighted by Crippen LogP contribution is 2.52. The Morgan fingerprint density at radius 3 is 2.62 bits per heavy atom. The third-order valence-electron chi connectivity index (χ3n) is 7.92. The minimum Gasteiger partial charge on any atom is -0.465 e. The smallest absolute Gasteiger partial charge is 0.412 e. The number of carboxylic acid groups (broad SMARTS) is 1. The Kier molecular flexibility index (Phi) is 4.54. The summed E-state index contributed by atoms with van der Waals surface area (Å²) in [6, 6.07) is 15.2. The van der Waals surface area contributed by atoms with Crippen LogP contribution in [0.5, 0.6) is 0 Å². The summed E-state index contributed by atoms with van der Waals surface area (Å²) in [6.07, 6.45) is 5.12. The number of rotatable bonds is 4. The summed E-state index contributed by atoms with van der Waals surface area (Å²) in [7, 11) is 0. The molecule has 2 N–H and O–H groups in total. The van der Waals surface area contributed by atoms with E-state index in [1.165, 1.54) is 28.8 Å². The summed E-state index contributed by atoms with van der Waals surface area (Å²) >= 11 is 0. The van der Waals surface area contributed by atoms with Gasteiger partial charge in [-0.1, -0.05) is 30.3 Å². The highest BCUT2D eigenvalue weighted by molar-refractivity contribution is 5.94. The molecule has 0 radical (unpaired) electrons. The summed E-state index contributed by atoms with van der Waals surface area (Å²) in [5.41, 5.74) is 5.92. The average Bonchev–Trinajstić information content (AvgIpc) is 3.09. The Morgan fingerprint density at radius 2 is 1.94 bits per heavy atom. The molecule has 1 saturated heterocycles. The van der Waals surface area contributed by atoms with Gasteiger partial charge < -0.3 is 15.0 Å². The highest BCUT2D eigenvalue weighted by atomic mass is 16.4. The van der Waals surface area contributed by atoms with Crippen LogP contribution in [0.2, 0.25) is 0 Å². The van der Waals surface area contributed by atoms with Gasteiger partial charge in [0.25, 0.3) is 0 Å². The van der Waals surface area contributed by atoms with E-state index in [0.717, 1.165) is 61.4 Å². The van der Waals surface area contributed by atoms with Crippen LogP contribution in [0.1, 0.15) is 49.2 Å². The van der Waals surface area contributed by atoms with E-state index in [-0.39, 0.29) is 6.04 Å². The number of imidazole rings is 1. The second-order valence-electron chi connectivity index (χ2n) is 10.0. The van der Waals surface area contributed by atoms with Gasteiger partial charge in [0, 0.05) is 37.2 Å². The summed E-state index contributed by atoms with van der Waals surface area (Å²) in [6.45, 7) is 4.26. The van der Waals surface area contributed by atoms with Crippen LogP contribution >= 0.6 is 0 Å². The molecule has 1 atom stereocenters. The predicted molar refractivity (Wildman–Crippen MR) is 125 cm³/mol. The second-order valence-corrected chi connectivity index (χ2v) is 10.0. The van der Waals surface area contributed by atoms with Gasteiger partial charge in [-0.15, -0.1) is 0 Å². The van der Waals surface area contributed by atoms with E-state index >= 15 is 0 Å². The average molecular weight is 431 g/mol. The summed E-state index contributed by atoms with van der Waals surface area (Å²) in [4.78, 5) is 18.7. The fourth-order valence-corrected chi connectivity index (χ4v) is 6.11. The molecule has 3 aliphatic rings. The Bertz CT molecular complexity index is 1170. The lowest BCUT2D eigenvalue weighted by molar-refractivity contribution is 0.00810. The molecule has 32 heavy (non-hydrogen) atoms. The number of fused-ring (bicyclic) bond motifs is 3. The maximum absolute atomic E-state index is 12.0. The number of carbonyl (C=O) groups is 1. The molecule has 166 valence electrons. The van der Waals surface area contributed by atoms with Crippen LogP contribution in [-0.2, 0) is 19.3 Å². The lowest BCUT2D eigenvalue weighted by atomic mass is 9.61. The molecule has 2 fully saturated rings. The first-order chi connectivity index (χ1) is 15.5. The number of hydrogen-bond donors (Lipinski definition) is 2.